The van der Waals surface area contributed by atoms with E-state index in [0.29, 0.717) is 18.9 Å². The molecule has 0 unspecified atom stereocenters. The number of rotatable bonds is 4. The molecule has 0 radical (unpaired) electrons. The summed E-state index contributed by atoms with van der Waals surface area (Å²) in [4.78, 5) is 24.4. The van der Waals surface area contributed by atoms with Crippen LogP contribution in [0.1, 0.15) is 32.1 Å². The highest BCUT2D eigenvalue weighted by molar-refractivity contribution is 5.96. The van der Waals surface area contributed by atoms with Crippen LogP contribution in [0.5, 0.6) is 0 Å². The normalized spacial score (nSPS) is 31.8. The fourth-order valence-corrected chi connectivity index (χ4v) is 4.39. The summed E-state index contributed by atoms with van der Waals surface area (Å²) in [5.41, 5.74) is 1.46. The first-order chi connectivity index (χ1) is 12.8. The minimum Gasteiger partial charge on any atom is -0.481 e. The lowest BCUT2D eigenvalue weighted by Crippen LogP contribution is -2.36. The summed E-state index contributed by atoms with van der Waals surface area (Å²) >= 11 is 0. The van der Waals surface area contributed by atoms with Gasteiger partial charge in [-0.25, -0.2) is 0 Å². The van der Waals surface area contributed by atoms with Crippen LogP contribution in [0.15, 0.2) is 36.4 Å². The second-order valence-corrected chi connectivity index (χ2v) is 8.57. The van der Waals surface area contributed by atoms with E-state index >= 15 is 0 Å². The number of nitrogens with one attached hydrogen (secondary N) is 1. The van der Waals surface area contributed by atoms with Gasteiger partial charge in [0.1, 0.15) is 0 Å². The van der Waals surface area contributed by atoms with Gasteiger partial charge in [-0.15, -0.1) is 0 Å². The number of ether oxygens (including phenoxy) is 2. The first kappa shape index (κ1) is 18.2. The van der Waals surface area contributed by atoms with E-state index in [1.165, 1.54) is 0 Å². The Bertz CT molecular complexity index is 777. The van der Waals surface area contributed by atoms with E-state index in [0.717, 1.165) is 12.0 Å². The highest BCUT2D eigenvalue weighted by Gasteiger charge is 2.51. The van der Waals surface area contributed by atoms with Gasteiger partial charge in [-0.1, -0.05) is 38.1 Å². The lowest BCUT2D eigenvalue weighted by atomic mass is 9.82. The van der Waals surface area contributed by atoms with Gasteiger partial charge < -0.3 is 19.9 Å². The molecule has 4 rings (SSSR count). The first-order valence-electron chi connectivity index (χ1n) is 9.39. The highest BCUT2D eigenvalue weighted by Crippen LogP contribution is 2.48. The highest BCUT2D eigenvalue weighted by atomic mass is 16.7. The van der Waals surface area contributed by atoms with Gasteiger partial charge in [0.2, 0.25) is 5.91 Å². The largest absolute Gasteiger partial charge is 0.481 e. The van der Waals surface area contributed by atoms with Crippen LogP contribution in [0.4, 0.5) is 5.69 Å². The van der Waals surface area contributed by atoms with Gasteiger partial charge in [0.15, 0.2) is 6.29 Å². The van der Waals surface area contributed by atoms with Gasteiger partial charge in [-0.05, 0) is 30.4 Å². The summed E-state index contributed by atoms with van der Waals surface area (Å²) < 4.78 is 11.6. The number of anilines is 1. The molecule has 1 saturated carbocycles. The summed E-state index contributed by atoms with van der Waals surface area (Å²) in [6.45, 7) is 5.38. The number of fused-ring (bicyclic) bond motifs is 2. The molecule has 6 nitrogen and oxygen atoms in total. The van der Waals surface area contributed by atoms with Crippen LogP contribution in [0, 0.1) is 29.1 Å². The minimum atomic E-state index is -0.896. The predicted molar refractivity (Wildman–Crippen MR) is 98.9 cm³/mol. The van der Waals surface area contributed by atoms with E-state index in [9.17, 15) is 14.7 Å². The van der Waals surface area contributed by atoms with Gasteiger partial charge in [0, 0.05) is 16.7 Å². The van der Waals surface area contributed by atoms with E-state index in [1.54, 1.807) is 6.07 Å². The molecule has 27 heavy (non-hydrogen) atoms. The first-order valence-corrected chi connectivity index (χ1v) is 9.39. The third-order valence-corrected chi connectivity index (χ3v) is 5.72. The number of benzene rings is 1. The van der Waals surface area contributed by atoms with E-state index in [1.807, 2.05) is 30.4 Å². The summed E-state index contributed by atoms with van der Waals surface area (Å²) in [7, 11) is 0. The molecule has 1 aliphatic heterocycles. The minimum absolute atomic E-state index is 0.00604. The molecule has 144 valence electrons. The number of carbonyl (C=O) groups excluding carboxylic acids is 1. The molecule has 2 aliphatic carbocycles. The zero-order valence-corrected chi connectivity index (χ0v) is 15.6. The van der Waals surface area contributed by atoms with Crippen LogP contribution in [0.25, 0.3) is 0 Å². The molecular weight excluding hydrogens is 346 g/mol. The smallest absolute Gasteiger partial charge is 0.307 e. The molecule has 4 atom stereocenters. The number of carboxylic acids is 1. The van der Waals surface area contributed by atoms with Crippen molar-refractivity contribution in [3.05, 3.63) is 42.0 Å². The van der Waals surface area contributed by atoms with E-state index in [2.05, 4.69) is 19.2 Å². The molecule has 0 aromatic heterocycles. The number of hydrogen-bond donors (Lipinski definition) is 2. The van der Waals surface area contributed by atoms with Crippen LogP contribution in [0.3, 0.4) is 0 Å². The average molecular weight is 371 g/mol. The lowest BCUT2D eigenvalue weighted by molar-refractivity contribution is -0.226. The van der Waals surface area contributed by atoms with Gasteiger partial charge in [0.05, 0.1) is 25.0 Å². The Labute approximate surface area is 158 Å². The van der Waals surface area contributed by atoms with Gasteiger partial charge in [-0.3, -0.25) is 9.59 Å². The summed E-state index contributed by atoms with van der Waals surface area (Å²) in [6, 6.07) is 7.37. The molecule has 1 aromatic carbocycles. The molecule has 1 aromatic rings. The molecule has 0 spiro atoms. The maximum absolute atomic E-state index is 12.8. The topological polar surface area (TPSA) is 84.9 Å². The Kier molecular flexibility index (Phi) is 4.56. The van der Waals surface area contributed by atoms with Crippen LogP contribution >= 0.6 is 0 Å². The van der Waals surface area contributed by atoms with Gasteiger partial charge in [-0.2, -0.15) is 0 Å². The van der Waals surface area contributed by atoms with Gasteiger partial charge >= 0.3 is 5.97 Å². The van der Waals surface area contributed by atoms with Crippen molar-refractivity contribution in [2.45, 2.75) is 26.6 Å². The zero-order chi connectivity index (χ0) is 19.2. The zero-order valence-electron chi connectivity index (χ0n) is 15.6. The molecule has 2 bridgehead atoms. The maximum atomic E-state index is 12.8. The molecule has 1 heterocycles. The van der Waals surface area contributed by atoms with Crippen molar-refractivity contribution in [1.82, 2.24) is 0 Å². The van der Waals surface area contributed by atoms with Gasteiger partial charge in [0.25, 0.3) is 0 Å². The van der Waals surface area contributed by atoms with Crippen molar-refractivity contribution < 1.29 is 24.2 Å². The molecule has 6 heteroatoms. The van der Waals surface area contributed by atoms with Crippen LogP contribution in [-0.2, 0) is 19.1 Å². The molecule has 1 saturated heterocycles. The van der Waals surface area contributed by atoms with E-state index in [4.69, 9.17) is 9.47 Å². The summed E-state index contributed by atoms with van der Waals surface area (Å²) in [5.74, 6) is -2.33. The Balaban J connectivity index is 1.46. The molecule has 1 amide bonds. The Morgan fingerprint density at radius 3 is 2.44 bits per heavy atom. The van der Waals surface area contributed by atoms with Crippen molar-refractivity contribution >= 4 is 17.6 Å². The molecule has 2 N–H and O–H groups in total. The average Bonchev–Trinajstić information content (AvgIpc) is 3.23. The Hall–Kier alpha value is -2.18. The molecule has 2 fully saturated rings. The monoisotopic (exact) mass is 371 g/mol. The fourth-order valence-electron chi connectivity index (χ4n) is 4.39. The van der Waals surface area contributed by atoms with Crippen molar-refractivity contribution in [3.8, 4) is 0 Å². The second-order valence-electron chi connectivity index (χ2n) is 8.57. The van der Waals surface area contributed by atoms with Crippen LogP contribution in [-0.4, -0.2) is 30.2 Å². The quantitative estimate of drug-likeness (QED) is 0.794. The van der Waals surface area contributed by atoms with Crippen LogP contribution < -0.4 is 5.32 Å². The number of hydrogen-bond acceptors (Lipinski definition) is 4. The summed E-state index contributed by atoms with van der Waals surface area (Å²) in [5, 5.41) is 12.4. The number of aliphatic carboxylic acids is 1. The van der Waals surface area contributed by atoms with E-state index in [-0.39, 0.29) is 23.2 Å². The van der Waals surface area contributed by atoms with Crippen molar-refractivity contribution in [2.75, 3.05) is 18.5 Å². The van der Waals surface area contributed by atoms with Crippen molar-refractivity contribution in [3.63, 3.8) is 0 Å². The number of amides is 1. The van der Waals surface area contributed by atoms with Crippen molar-refractivity contribution in [2.24, 2.45) is 29.1 Å². The number of carbonyl (C=O) groups is 2. The van der Waals surface area contributed by atoms with E-state index < -0.39 is 24.1 Å². The second kappa shape index (κ2) is 6.77. The number of carboxylic acid groups (broad SMARTS) is 1. The number of allylic oxidation sites excluding steroid dienone is 2. The fraction of sp³-hybridized carbons (Fsp3) is 0.524. The SMILES string of the molecule is CC1(C)COC(c2cccc(NC(=O)[C@H]3[C@H](C(=O)O)[C@H]4C=C[C@H]3C4)c2)OC1. The molecular formula is C21H25NO5. The third kappa shape index (κ3) is 3.51. The lowest BCUT2D eigenvalue weighted by Gasteiger charge is -2.34. The summed E-state index contributed by atoms with van der Waals surface area (Å²) in [6.07, 6.45) is 4.21. The Morgan fingerprint density at radius 1 is 1.11 bits per heavy atom. The maximum Gasteiger partial charge on any atom is 0.307 e. The van der Waals surface area contributed by atoms with Crippen LogP contribution in [0.2, 0.25) is 0 Å². The standard InChI is InChI=1S/C21H25NO5/c1-21(2)10-26-20(27-11-21)14-4-3-5-15(9-14)22-18(23)16-12-6-7-13(8-12)17(16)19(24)25/h3-7,9,12-13,16-17,20H,8,10-11H2,1-2H3,(H,22,23)(H,24,25)/t12-,13-,16+,17+/m0/s1. The predicted octanol–water partition coefficient (Wildman–Crippen LogP) is 3.22. The Morgan fingerprint density at radius 2 is 1.78 bits per heavy atom. The molecule has 3 aliphatic rings. The van der Waals surface area contributed by atoms with Crippen molar-refractivity contribution in [1.29, 1.82) is 0 Å². The third-order valence-electron chi connectivity index (χ3n) is 5.72.